The average molecular weight is 207 g/mol. The first kappa shape index (κ1) is 11.7. The second-order valence-electron chi connectivity index (χ2n) is 2.15. The summed E-state index contributed by atoms with van der Waals surface area (Å²) >= 11 is 0. The predicted molar refractivity (Wildman–Crippen MR) is 34.7 cm³/mol. The van der Waals surface area contributed by atoms with E-state index in [4.69, 9.17) is 5.11 Å². The van der Waals surface area contributed by atoms with Gasteiger partial charge in [0.25, 0.3) is 0 Å². The molecule has 0 aliphatic rings. The van der Waals surface area contributed by atoms with Crippen LogP contribution in [0.1, 0.15) is 6.92 Å². The molecule has 0 spiro atoms. The van der Waals surface area contributed by atoms with Crippen molar-refractivity contribution in [3.8, 4) is 0 Å². The lowest BCUT2D eigenvalue weighted by Crippen LogP contribution is -2.39. The van der Waals surface area contributed by atoms with Crippen molar-refractivity contribution >= 4 is 10.0 Å². The number of alkyl halides is 3. The molecule has 0 aliphatic heterocycles. The van der Waals surface area contributed by atoms with Crippen LogP contribution < -0.4 is 4.72 Å². The first-order chi connectivity index (χ1) is 5.17. The molecule has 4 nitrogen and oxygen atoms in total. The van der Waals surface area contributed by atoms with E-state index in [0.717, 1.165) is 0 Å². The van der Waals surface area contributed by atoms with E-state index in [1.165, 1.54) is 11.6 Å². The molecule has 0 heterocycles. The summed E-state index contributed by atoms with van der Waals surface area (Å²) in [6, 6.07) is 0. The van der Waals surface area contributed by atoms with Crippen LogP contribution in [0.5, 0.6) is 0 Å². The third kappa shape index (κ3) is 3.37. The van der Waals surface area contributed by atoms with Crippen molar-refractivity contribution in [2.75, 3.05) is 6.54 Å². The van der Waals surface area contributed by atoms with Gasteiger partial charge in [0, 0.05) is 6.54 Å². The van der Waals surface area contributed by atoms with E-state index in [2.05, 4.69) is 0 Å². The maximum atomic E-state index is 11.6. The maximum Gasteiger partial charge on any atom is 0.511 e. The van der Waals surface area contributed by atoms with Gasteiger partial charge < -0.3 is 5.11 Å². The van der Waals surface area contributed by atoms with Crippen LogP contribution in [0.4, 0.5) is 13.2 Å². The van der Waals surface area contributed by atoms with Crippen molar-refractivity contribution in [2.45, 2.75) is 18.5 Å². The molecule has 0 fully saturated rings. The van der Waals surface area contributed by atoms with Crippen molar-refractivity contribution in [1.82, 2.24) is 4.72 Å². The molecule has 0 saturated heterocycles. The molecule has 74 valence electrons. The fourth-order valence-electron chi connectivity index (χ4n) is 0.312. The van der Waals surface area contributed by atoms with Crippen LogP contribution in [0.3, 0.4) is 0 Å². The Hall–Kier alpha value is -0.340. The van der Waals surface area contributed by atoms with Crippen molar-refractivity contribution in [3.63, 3.8) is 0 Å². The largest absolute Gasteiger partial charge is 0.511 e. The molecule has 0 aromatic heterocycles. The number of rotatable bonds is 3. The van der Waals surface area contributed by atoms with E-state index in [-0.39, 0.29) is 0 Å². The molecule has 0 amide bonds. The summed E-state index contributed by atoms with van der Waals surface area (Å²) in [7, 11) is -5.30. The Bertz CT molecular complexity index is 232. The molecule has 0 aromatic rings. The van der Waals surface area contributed by atoms with E-state index in [1.54, 1.807) is 0 Å². The lowest BCUT2D eigenvalue weighted by atomic mass is 10.4. The van der Waals surface area contributed by atoms with Crippen LogP contribution in [0.25, 0.3) is 0 Å². The Morgan fingerprint density at radius 2 is 1.92 bits per heavy atom. The Morgan fingerprint density at radius 3 is 2.17 bits per heavy atom. The SMILES string of the molecule is C[C@H](O)CNS(=O)(=O)C(F)(F)F. The second-order valence-corrected chi connectivity index (χ2v) is 3.91. The van der Waals surface area contributed by atoms with Gasteiger partial charge in [0.15, 0.2) is 0 Å². The summed E-state index contributed by atoms with van der Waals surface area (Å²) in [5, 5.41) is 8.49. The highest BCUT2D eigenvalue weighted by molar-refractivity contribution is 7.90. The molecule has 0 aromatic carbocycles. The fraction of sp³-hybridized carbons (Fsp3) is 1.00. The summed E-state index contributed by atoms with van der Waals surface area (Å²) in [4.78, 5) is 0. The van der Waals surface area contributed by atoms with Crippen molar-refractivity contribution in [2.24, 2.45) is 0 Å². The van der Waals surface area contributed by atoms with Gasteiger partial charge >= 0.3 is 15.5 Å². The average Bonchev–Trinajstić information content (AvgIpc) is 1.81. The van der Waals surface area contributed by atoms with E-state index in [9.17, 15) is 21.6 Å². The highest BCUT2D eigenvalue weighted by atomic mass is 32.2. The Morgan fingerprint density at radius 1 is 1.50 bits per heavy atom. The lowest BCUT2D eigenvalue weighted by molar-refractivity contribution is -0.0449. The molecule has 0 saturated carbocycles. The quantitative estimate of drug-likeness (QED) is 0.673. The number of hydrogen-bond donors (Lipinski definition) is 2. The fourth-order valence-corrected chi connectivity index (χ4v) is 0.936. The van der Waals surface area contributed by atoms with Gasteiger partial charge in [-0.05, 0) is 6.92 Å². The van der Waals surface area contributed by atoms with Crippen molar-refractivity contribution in [1.29, 1.82) is 0 Å². The van der Waals surface area contributed by atoms with Gasteiger partial charge in [-0.15, -0.1) is 0 Å². The molecule has 0 unspecified atom stereocenters. The number of aliphatic hydroxyl groups excluding tert-OH is 1. The molecule has 0 rings (SSSR count). The van der Waals surface area contributed by atoms with Gasteiger partial charge in [-0.3, -0.25) is 0 Å². The normalized spacial score (nSPS) is 16.1. The van der Waals surface area contributed by atoms with Crippen molar-refractivity contribution < 1.29 is 26.7 Å². The summed E-state index contributed by atoms with van der Waals surface area (Å²) < 4.78 is 56.3. The highest BCUT2D eigenvalue weighted by Crippen LogP contribution is 2.21. The number of sulfonamides is 1. The molecule has 2 N–H and O–H groups in total. The van der Waals surface area contributed by atoms with E-state index in [1.807, 2.05) is 0 Å². The van der Waals surface area contributed by atoms with Crippen LogP contribution in [-0.4, -0.2) is 31.7 Å². The van der Waals surface area contributed by atoms with Crippen LogP contribution >= 0.6 is 0 Å². The molecule has 8 heteroatoms. The van der Waals surface area contributed by atoms with Crippen LogP contribution in [-0.2, 0) is 10.0 Å². The van der Waals surface area contributed by atoms with Gasteiger partial charge in [-0.1, -0.05) is 0 Å². The lowest BCUT2D eigenvalue weighted by Gasteiger charge is -2.09. The van der Waals surface area contributed by atoms with Gasteiger partial charge in [-0.25, -0.2) is 13.1 Å². The molecule has 0 radical (unpaired) electrons. The third-order valence-corrected chi connectivity index (χ3v) is 2.03. The summed E-state index contributed by atoms with van der Waals surface area (Å²) in [6.45, 7) is 0.515. The highest BCUT2D eigenvalue weighted by Gasteiger charge is 2.45. The number of halogens is 3. The molecule has 0 aliphatic carbocycles. The van der Waals surface area contributed by atoms with E-state index >= 15 is 0 Å². The zero-order valence-electron chi connectivity index (χ0n) is 6.09. The van der Waals surface area contributed by atoms with Gasteiger partial charge in [-0.2, -0.15) is 13.2 Å². The van der Waals surface area contributed by atoms with Gasteiger partial charge in [0.2, 0.25) is 0 Å². The minimum absolute atomic E-state index is 0.651. The summed E-state index contributed by atoms with van der Waals surface area (Å²) in [5.41, 5.74) is -5.32. The second kappa shape index (κ2) is 3.58. The smallest absolute Gasteiger partial charge is 0.392 e. The number of nitrogens with one attached hydrogen (secondary N) is 1. The number of aliphatic hydroxyl groups is 1. The zero-order chi connectivity index (χ0) is 9.99. The number of hydrogen-bond acceptors (Lipinski definition) is 3. The molecular formula is C4H8F3NO3S. The topological polar surface area (TPSA) is 66.4 Å². The zero-order valence-corrected chi connectivity index (χ0v) is 6.91. The Balaban J connectivity index is 4.27. The van der Waals surface area contributed by atoms with Gasteiger partial charge in [0.05, 0.1) is 6.10 Å². The molecule has 12 heavy (non-hydrogen) atoms. The molecular weight excluding hydrogens is 199 g/mol. The van der Waals surface area contributed by atoms with E-state index < -0.39 is 28.2 Å². The molecule has 0 bridgehead atoms. The minimum atomic E-state index is -5.32. The Kier molecular flexibility index (Phi) is 3.48. The first-order valence-corrected chi connectivity index (χ1v) is 4.39. The van der Waals surface area contributed by atoms with E-state index in [0.29, 0.717) is 0 Å². The standard InChI is InChI=1S/C4H8F3NO3S/c1-3(9)2-8-12(10,11)4(5,6)7/h3,8-9H,2H2,1H3/t3-/m0/s1. The predicted octanol–water partition coefficient (Wildman–Crippen LogP) is -0.194. The first-order valence-electron chi connectivity index (χ1n) is 2.91. The van der Waals surface area contributed by atoms with Crippen molar-refractivity contribution in [3.05, 3.63) is 0 Å². The Labute approximate surface area is 67.4 Å². The maximum absolute atomic E-state index is 11.6. The van der Waals surface area contributed by atoms with Crippen LogP contribution in [0, 0.1) is 0 Å². The molecule has 1 atom stereocenters. The third-order valence-electron chi connectivity index (χ3n) is 0.873. The van der Waals surface area contributed by atoms with Gasteiger partial charge in [0.1, 0.15) is 0 Å². The monoisotopic (exact) mass is 207 g/mol. The summed E-state index contributed by atoms with van der Waals surface area (Å²) in [6.07, 6.45) is -1.15. The summed E-state index contributed by atoms with van der Waals surface area (Å²) in [5.74, 6) is 0. The van der Waals surface area contributed by atoms with Crippen LogP contribution in [0.2, 0.25) is 0 Å². The minimum Gasteiger partial charge on any atom is -0.392 e. The van der Waals surface area contributed by atoms with Crippen LogP contribution in [0.15, 0.2) is 0 Å².